The molecule has 0 saturated heterocycles. The molecule has 0 atom stereocenters. The van der Waals surface area contributed by atoms with Crippen LogP contribution in [0.4, 0.5) is 15.1 Å². The Kier molecular flexibility index (Phi) is 3.96. The van der Waals surface area contributed by atoms with Crippen LogP contribution in [0.25, 0.3) is 0 Å². The molecule has 3 N–H and O–H groups in total. The Labute approximate surface area is 126 Å². The molecule has 1 aromatic carbocycles. The Bertz CT molecular complexity index is 774. The zero-order valence-electron chi connectivity index (χ0n) is 11.9. The number of nitrogens with two attached hydrogens (primary N) is 1. The van der Waals surface area contributed by atoms with Crippen LogP contribution >= 0.6 is 11.3 Å². The first-order chi connectivity index (χ1) is 9.85. The van der Waals surface area contributed by atoms with Gasteiger partial charge in [0.25, 0.3) is 5.91 Å². The lowest BCUT2D eigenvalue weighted by Gasteiger charge is -2.08. The van der Waals surface area contributed by atoms with Crippen LogP contribution < -0.4 is 11.1 Å². The summed E-state index contributed by atoms with van der Waals surface area (Å²) in [7, 11) is 0. The molecule has 2 aromatic rings. The second kappa shape index (κ2) is 5.54. The molecule has 0 unspecified atom stereocenters. The van der Waals surface area contributed by atoms with Crippen molar-refractivity contribution in [3.05, 3.63) is 45.1 Å². The summed E-state index contributed by atoms with van der Waals surface area (Å²) in [5.41, 5.74) is 7.38. The molecule has 108 valence electrons. The van der Waals surface area contributed by atoms with Gasteiger partial charge in [0, 0.05) is 10.6 Å². The number of carbonyl (C=O) groups is 1. The van der Waals surface area contributed by atoms with Crippen molar-refractivity contribution in [2.75, 3.05) is 11.1 Å². The number of halogens is 1. The average Bonchev–Trinajstić information content (AvgIpc) is 2.68. The lowest BCUT2D eigenvalue weighted by Crippen LogP contribution is -2.15. The fourth-order valence-corrected chi connectivity index (χ4v) is 2.99. The number of thiophene rings is 1. The van der Waals surface area contributed by atoms with Gasteiger partial charge in [-0.25, -0.2) is 4.39 Å². The molecule has 0 aliphatic heterocycles. The molecule has 1 amide bonds. The van der Waals surface area contributed by atoms with Gasteiger partial charge in [-0.3, -0.25) is 4.79 Å². The number of nitrogens with zero attached hydrogens (tertiary/aromatic N) is 1. The number of aryl methyl sites for hydroxylation is 2. The molecule has 0 radical (unpaired) electrons. The topological polar surface area (TPSA) is 78.9 Å². The van der Waals surface area contributed by atoms with Gasteiger partial charge in [0.2, 0.25) is 0 Å². The van der Waals surface area contributed by atoms with Crippen molar-refractivity contribution >= 4 is 27.9 Å². The maximum Gasteiger partial charge on any atom is 0.259 e. The van der Waals surface area contributed by atoms with Gasteiger partial charge in [-0.1, -0.05) is 0 Å². The molecule has 6 heteroatoms. The maximum absolute atomic E-state index is 14.0. The van der Waals surface area contributed by atoms with E-state index < -0.39 is 11.7 Å². The number of anilines is 2. The van der Waals surface area contributed by atoms with E-state index in [4.69, 9.17) is 11.0 Å². The molecule has 2 rings (SSSR count). The molecule has 0 aliphatic rings. The van der Waals surface area contributed by atoms with E-state index >= 15 is 0 Å². The van der Waals surface area contributed by atoms with E-state index in [1.807, 2.05) is 13.8 Å². The Balaban J connectivity index is 2.40. The lowest BCUT2D eigenvalue weighted by atomic mass is 10.1. The predicted octanol–water partition coefficient (Wildman–Crippen LogP) is 3.52. The summed E-state index contributed by atoms with van der Waals surface area (Å²) in [5, 5.41) is 12.2. The number of hydrogen-bond donors (Lipinski definition) is 2. The zero-order valence-corrected chi connectivity index (χ0v) is 12.7. The molecular weight excluding hydrogens is 289 g/mol. The van der Waals surface area contributed by atoms with E-state index in [0.29, 0.717) is 21.8 Å². The van der Waals surface area contributed by atoms with Crippen LogP contribution in [0.15, 0.2) is 12.1 Å². The third kappa shape index (κ3) is 2.73. The summed E-state index contributed by atoms with van der Waals surface area (Å²) in [6, 6.07) is 4.81. The summed E-state index contributed by atoms with van der Waals surface area (Å²) in [6.45, 7) is 5.22. The first kappa shape index (κ1) is 15.0. The van der Waals surface area contributed by atoms with Crippen LogP contribution in [0, 0.1) is 37.9 Å². The summed E-state index contributed by atoms with van der Waals surface area (Å²) >= 11 is 1.29. The lowest BCUT2D eigenvalue weighted by molar-refractivity contribution is 0.102. The number of nitrogens with one attached hydrogen (secondary N) is 1. The fourth-order valence-electron chi connectivity index (χ4n) is 1.98. The Morgan fingerprint density at radius 1 is 1.38 bits per heavy atom. The van der Waals surface area contributed by atoms with Gasteiger partial charge in [0.15, 0.2) is 0 Å². The Hall–Kier alpha value is -2.39. The highest BCUT2D eigenvalue weighted by Crippen LogP contribution is 2.32. The minimum Gasteiger partial charge on any atom is -0.399 e. The minimum absolute atomic E-state index is 0.125. The van der Waals surface area contributed by atoms with E-state index in [9.17, 15) is 9.18 Å². The standard InChI is InChI=1S/C15H14FN3OS/c1-7-4-10(18)5-11(13(7)16)14(20)19-15-12(6-17)8(2)9(3)21-15/h4-5H,18H2,1-3H3,(H,19,20). The number of carbonyl (C=O) groups excluding carboxylic acids is 1. The molecule has 4 nitrogen and oxygen atoms in total. The second-order valence-electron chi connectivity index (χ2n) is 4.75. The molecule has 0 fully saturated rings. The van der Waals surface area contributed by atoms with Crippen LogP contribution in [0.2, 0.25) is 0 Å². The number of hydrogen-bond acceptors (Lipinski definition) is 4. The number of benzene rings is 1. The monoisotopic (exact) mass is 303 g/mol. The summed E-state index contributed by atoms with van der Waals surface area (Å²) in [6.07, 6.45) is 0. The highest BCUT2D eigenvalue weighted by Gasteiger charge is 2.19. The largest absolute Gasteiger partial charge is 0.399 e. The summed E-state index contributed by atoms with van der Waals surface area (Å²) < 4.78 is 14.0. The highest BCUT2D eigenvalue weighted by atomic mass is 32.1. The quantitative estimate of drug-likeness (QED) is 0.833. The van der Waals surface area contributed by atoms with E-state index in [-0.39, 0.29) is 5.56 Å². The van der Waals surface area contributed by atoms with E-state index in [1.165, 1.54) is 23.5 Å². The van der Waals surface area contributed by atoms with Gasteiger partial charge in [-0.2, -0.15) is 5.26 Å². The Morgan fingerprint density at radius 2 is 2.05 bits per heavy atom. The molecule has 0 saturated carbocycles. The number of nitrogen functional groups attached to an aromatic ring is 1. The van der Waals surface area contributed by atoms with Gasteiger partial charge in [-0.15, -0.1) is 11.3 Å². The van der Waals surface area contributed by atoms with Crippen molar-refractivity contribution in [1.29, 1.82) is 5.26 Å². The predicted molar refractivity (Wildman–Crippen MR) is 82.0 cm³/mol. The first-order valence-electron chi connectivity index (χ1n) is 6.22. The van der Waals surface area contributed by atoms with Crippen molar-refractivity contribution in [3.63, 3.8) is 0 Å². The van der Waals surface area contributed by atoms with Crippen molar-refractivity contribution in [2.24, 2.45) is 0 Å². The van der Waals surface area contributed by atoms with Crippen LogP contribution in [0.3, 0.4) is 0 Å². The van der Waals surface area contributed by atoms with Gasteiger partial charge in [-0.05, 0) is 44.0 Å². The number of rotatable bonds is 2. The Morgan fingerprint density at radius 3 is 2.67 bits per heavy atom. The maximum atomic E-state index is 14.0. The van der Waals surface area contributed by atoms with Gasteiger partial charge >= 0.3 is 0 Å². The van der Waals surface area contributed by atoms with E-state index in [1.54, 1.807) is 6.92 Å². The van der Waals surface area contributed by atoms with E-state index in [2.05, 4.69) is 11.4 Å². The molecule has 1 aromatic heterocycles. The van der Waals surface area contributed by atoms with Crippen LogP contribution in [-0.4, -0.2) is 5.91 Å². The minimum atomic E-state index is -0.611. The van der Waals surface area contributed by atoms with Crippen molar-refractivity contribution in [2.45, 2.75) is 20.8 Å². The van der Waals surface area contributed by atoms with Gasteiger partial charge < -0.3 is 11.1 Å². The number of nitriles is 1. The molecule has 1 heterocycles. The average molecular weight is 303 g/mol. The van der Waals surface area contributed by atoms with Crippen LogP contribution in [0.1, 0.15) is 31.9 Å². The van der Waals surface area contributed by atoms with Crippen molar-refractivity contribution in [3.8, 4) is 6.07 Å². The molecule has 0 spiro atoms. The third-order valence-corrected chi connectivity index (χ3v) is 4.37. The zero-order chi connectivity index (χ0) is 15.7. The number of amides is 1. The van der Waals surface area contributed by atoms with Crippen molar-refractivity contribution in [1.82, 2.24) is 0 Å². The van der Waals surface area contributed by atoms with Crippen LogP contribution in [-0.2, 0) is 0 Å². The van der Waals surface area contributed by atoms with Crippen molar-refractivity contribution < 1.29 is 9.18 Å². The summed E-state index contributed by atoms with van der Waals surface area (Å²) in [4.78, 5) is 13.2. The second-order valence-corrected chi connectivity index (χ2v) is 5.98. The SMILES string of the molecule is Cc1cc(N)cc(C(=O)Nc2sc(C)c(C)c2C#N)c1F. The van der Waals surface area contributed by atoms with Gasteiger partial charge in [0.05, 0.1) is 11.1 Å². The molecule has 21 heavy (non-hydrogen) atoms. The molecule has 0 bridgehead atoms. The van der Waals surface area contributed by atoms with Crippen LogP contribution in [0.5, 0.6) is 0 Å². The molecule has 0 aliphatic carbocycles. The first-order valence-corrected chi connectivity index (χ1v) is 7.03. The third-order valence-electron chi connectivity index (χ3n) is 3.25. The highest BCUT2D eigenvalue weighted by molar-refractivity contribution is 7.16. The van der Waals surface area contributed by atoms with Gasteiger partial charge in [0.1, 0.15) is 16.9 Å². The normalized spacial score (nSPS) is 10.2. The fraction of sp³-hybridized carbons (Fsp3) is 0.200. The van der Waals surface area contributed by atoms with E-state index in [0.717, 1.165) is 10.4 Å². The summed E-state index contributed by atoms with van der Waals surface area (Å²) in [5.74, 6) is -1.22. The smallest absolute Gasteiger partial charge is 0.259 e. The molecular formula is C15H14FN3OS.